The lowest BCUT2D eigenvalue weighted by Crippen LogP contribution is -2.49. The molecule has 4 heteroatoms. The highest BCUT2D eigenvalue weighted by atomic mass is 16.6. The van der Waals surface area contributed by atoms with E-state index in [1.165, 1.54) is 12.8 Å². The third-order valence-electron chi connectivity index (χ3n) is 7.10. The Morgan fingerprint density at radius 2 is 2.00 bits per heavy atom. The van der Waals surface area contributed by atoms with Crippen molar-refractivity contribution in [3.63, 3.8) is 0 Å². The molecule has 1 amide bonds. The Kier molecular flexibility index (Phi) is 2.24. The molecule has 1 aromatic carbocycles. The fraction of sp³-hybridized carbons (Fsp3) is 0.632. The van der Waals surface area contributed by atoms with Crippen LogP contribution in [0.15, 0.2) is 30.3 Å². The van der Waals surface area contributed by atoms with Crippen molar-refractivity contribution in [2.45, 2.75) is 37.2 Å². The van der Waals surface area contributed by atoms with Crippen molar-refractivity contribution in [3.8, 4) is 0 Å². The van der Waals surface area contributed by atoms with E-state index in [9.17, 15) is 9.90 Å². The standard InChI is InChI=1S/C19H21NO3/c21-16-12-8-13-15-14(12)18(22)20(9-10-6-7-10)19(15,23-17(13)16)11-4-2-1-3-5-11/h1-5,10,12-17,21H,6-9H2. The maximum Gasteiger partial charge on any atom is 0.229 e. The molecule has 2 heterocycles. The van der Waals surface area contributed by atoms with E-state index in [2.05, 4.69) is 17.0 Å². The Balaban J connectivity index is 1.55. The number of aliphatic hydroxyl groups is 1. The zero-order chi connectivity index (χ0) is 15.3. The minimum Gasteiger partial charge on any atom is -0.390 e. The van der Waals surface area contributed by atoms with Gasteiger partial charge in [-0.15, -0.1) is 0 Å². The molecule has 2 saturated heterocycles. The lowest BCUT2D eigenvalue weighted by atomic mass is 9.75. The molecule has 1 aromatic rings. The highest BCUT2D eigenvalue weighted by Gasteiger charge is 2.78. The van der Waals surface area contributed by atoms with E-state index in [0.29, 0.717) is 11.8 Å². The summed E-state index contributed by atoms with van der Waals surface area (Å²) >= 11 is 0. The molecule has 7 atom stereocenters. The molecule has 3 saturated carbocycles. The van der Waals surface area contributed by atoms with Gasteiger partial charge in [0.05, 0.1) is 18.1 Å². The molecule has 120 valence electrons. The Morgan fingerprint density at radius 1 is 1.22 bits per heavy atom. The van der Waals surface area contributed by atoms with Crippen molar-refractivity contribution in [2.75, 3.05) is 6.54 Å². The predicted octanol–water partition coefficient (Wildman–Crippen LogP) is 1.73. The van der Waals surface area contributed by atoms with Crippen LogP contribution < -0.4 is 0 Å². The Hall–Kier alpha value is -1.39. The van der Waals surface area contributed by atoms with Crippen molar-refractivity contribution >= 4 is 5.91 Å². The second-order valence-electron chi connectivity index (χ2n) is 8.14. The Labute approximate surface area is 135 Å². The molecule has 3 aliphatic carbocycles. The monoisotopic (exact) mass is 311 g/mol. The van der Waals surface area contributed by atoms with Gasteiger partial charge in [0.2, 0.25) is 5.91 Å². The summed E-state index contributed by atoms with van der Waals surface area (Å²) in [7, 11) is 0. The number of benzene rings is 1. The maximum atomic E-state index is 13.2. The number of aliphatic hydroxyl groups excluding tert-OH is 1. The highest BCUT2D eigenvalue weighted by Crippen LogP contribution is 2.70. The van der Waals surface area contributed by atoms with Gasteiger partial charge in [-0.3, -0.25) is 4.79 Å². The molecular formula is C19H21NO3. The minimum absolute atomic E-state index is 0.0345. The van der Waals surface area contributed by atoms with E-state index in [1.807, 2.05) is 18.2 Å². The molecule has 0 radical (unpaired) electrons. The van der Waals surface area contributed by atoms with Crippen LogP contribution in [0.3, 0.4) is 0 Å². The van der Waals surface area contributed by atoms with Crippen molar-refractivity contribution in [1.29, 1.82) is 0 Å². The second-order valence-corrected chi connectivity index (χ2v) is 8.14. The van der Waals surface area contributed by atoms with Gasteiger partial charge >= 0.3 is 0 Å². The number of hydrogen-bond acceptors (Lipinski definition) is 3. The largest absolute Gasteiger partial charge is 0.390 e. The van der Waals surface area contributed by atoms with Crippen LogP contribution in [0.2, 0.25) is 0 Å². The fourth-order valence-corrected chi connectivity index (χ4v) is 6.11. The van der Waals surface area contributed by atoms with E-state index in [0.717, 1.165) is 18.5 Å². The zero-order valence-electron chi connectivity index (χ0n) is 13.0. The van der Waals surface area contributed by atoms with Crippen molar-refractivity contribution < 1.29 is 14.6 Å². The van der Waals surface area contributed by atoms with Crippen LogP contribution in [0.25, 0.3) is 0 Å². The SMILES string of the molecule is O=C1C2C3CC4C(OC(c5ccccc5)(C42)N1CC1CC1)C3O. The Morgan fingerprint density at radius 3 is 2.74 bits per heavy atom. The first kappa shape index (κ1) is 13.0. The van der Waals surface area contributed by atoms with E-state index in [-0.39, 0.29) is 29.8 Å². The van der Waals surface area contributed by atoms with E-state index < -0.39 is 11.8 Å². The van der Waals surface area contributed by atoms with Gasteiger partial charge in [0.25, 0.3) is 0 Å². The smallest absolute Gasteiger partial charge is 0.229 e. The minimum atomic E-state index is -0.618. The predicted molar refractivity (Wildman–Crippen MR) is 82.0 cm³/mol. The van der Waals surface area contributed by atoms with Crippen molar-refractivity contribution in [3.05, 3.63) is 35.9 Å². The number of amides is 1. The van der Waals surface area contributed by atoms with E-state index in [1.54, 1.807) is 0 Å². The zero-order valence-corrected chi connectivity index (χ0v) is 13.0. The molecule has 1 N–H and O–H groups in total. The molecule has 0 spiro atoms. The first-order chi connectivity index (χ1) is 11.2. The molecular weight excluding hydrogens is 290 g/mol. The van der Waals surface area contributed by atoms with Crippen LogP contribution in [-0.2, 0) is 15.3 Å². The molecule has 2 bridgehead atoms. The average molecular weight is 311 g/mol. The number of carbonyl (C=O) groups is 1. The number of carbonyl (C=O) groups excluding carboxylic acids is 1. The summed E-state index contributed by atoms with van der Waals surface area (Å²) < 4.78 is 6.58. The van der Waals surface area contributed by atoms with Crippen LogP contribution in [0.5, 0.6) is 0 Å². The lowest BCUT2D eigenvalue weighted by molar-refractivity contribution is -0.183. The van der Waals surface area contributed by atoms with Crippen LogP contribution >= 0.6 is 0 Å². The lowest BCUT2D eigenvalue weighted by Gasteiger charge is -2.39. The number of ether oxygens (including phenoxy) is 1. The van der Waals surface area contributed by atoms with Crippen molar-refractivity contribution in [2.24, 2.45) is 29.6 Å². The van der Waals surface area contributed by atoms with Crippen LogP contribution in [0.1, 0.15) is 24.8 Å². The summed E-state index contributed by atoms with van der Waals surface area (Å²) in [4.78, 5) is 15.3. The molecule has 23 heavy (non-hydrogen) atoms. The van der Waals surface area contributed by atoms with Gasteiger partial charge in [-0.1, -0.05) is 30.3 Å². The number of fused-ring (bicyclic) bond motifs is 2. The van der Waals surface area contributed by atoms with Gasteiger partial charge in [0, 0.05) is 18.0 Å². The first-order valence-corrected chi connectivity index (χ1v) is 8.94. The van der Waals surface area contributed by atoms with Gasteiger partial charge in [-0.05, 0) is 37.0 Å². The molecule has 6 rings (SSSR count). The van der Waals surface area contributed by atoms with Gasteiger partial charge < -0.3 is 14.7 Å². The number of nitrogens with zero attached hydrogens (tertiary/aromatic N) is 1. The molecule has 0 aromatic heterocycles. The van der Waals surface area contributed by atoms with Gasteiger partial charge in [-0.25, -0.2) is 0 Å². The average Bonchev–Trinajstić information content (AvgIpc) is 3.03. The van der Waals surface area contributed by atoms with Crippen LogP contribution in [0.4, 0.5) is 0 Å². The molecule has 7 unspecified atom stereocenters. The quantitative estimate of drug-likeness (QED) is 0.925. The molecule has 4 nitrogen and oxygen atoms in total. The Bertz CT molecular complexity index is 687. The normalized spacial score (nSPS) is 49.4. The summed E-state index contributed by atoms with van der Waals surface area (Å²) in [5.74, 6) is 1.52. The number of hydrogen-bond donors (Lipinski definition) is 1. The van der Waals surface area contributed by atoms with Crippen LogP contribution in [0, 0.1) is 29.6 Å². The van der Waals surface area contributed by atoms with Crippen molar-refractivity contribution in [1.82, 2.24) is 4.90 Å². The van der Waals surface area contributed by atoms with Gasteiger partial charge in [0.15, 0.2) is 5.72 Å². The summed E-state index contributed by atoms with van der Waals surface area (Å²) in [6, 6.07) is 10.3. The highest BCUT2D eigenvalue weighted by molar-refractivity contribution is 5.85. The maximum absolute atomic E-state index is 13.2. The van der Waals surface area contributed by atoms with E-state index >= 15 is 0 Å². The summed E-state index contributed by atoms with van der Waals surface area (Å²) in [6.07, 6.45) is 2.86. The second kappa shape index (κ2) is 3.98. The third-order valence-corrected chi connectivity index (χ3v) is 7.10. The topological polar surface area (TPSA) is 49.8 Å². The molecule has 5 fully saturated rings. The first-order valence-electron chi connectivity index (χ1n) is 8.94. The summed E-state index contributed by atoms with van der Waals surface area (Å²) in [5.41, 5.74) is 0.483. The third kappa shape index (κ3) is 1.35. The van der Waals surface area contributed by atoms with Gasteiger partial charge in [-0.2, -0.15) is 0 Å². The molecule has 5 aliphatic rings. The summed E-state index contributed by atoms with van der Waals surface area (Å²) in [5, 5.41) is 10.6. The number of rotatable bonds is 3. The number of likely N-dealkylation sites (tertiary alicyclic amines) is 1. The van der Waals surface area contributed by atoms with Crippen LogP contribution in [-0.4, -0.2) is 34.7 Å². The van der Waals surface area contributed by atoms with E-state index in [4.69, 9.17) is 4.74 Å². The van der Waals surface area contributed by atoms with Gasteiger partial charge in [0.1, 0.15) is 0 Å². The summed E-state index contributed by atoms with van der Waals surface area (Å²) in [6.45, 7) is 0.822. The fourth-order valence-electron chi connectivity index (χ4n) is 6.11. The molecule has 2 aliphatic heterocycles.